The van der Waals surface area contributed by atoms with Crippen molar-refractivity contribution in [2.75, 3.05) is 0 Å². The van der Waals surface area contributed by atoms with Gasteiger partial charge in [0, 0.05) is 44.0 Å². The van der Waals surface area contributed by atoms with E-state index in [1.165, 1.54) is 21.5 Å². The van der Waals surface area contributed by atoms with Crippen molar-refractivity contribution in [3.63, 3.8) is 0 Å². The third-order valence-electron chi connectivity index (χ3n) is 9.07. The summed E-state index contributed by atoms with van der Waals surface area (Å²) < 4.78 is 0. The van der Waals surface area contributed by atoms with Crippen LogP contribution in [0.5, 0.6) is 0 Å². The molecule has 0 fully saturated rings. The number of rotatable bonds is 5. The first-order valence-electron chi connectivity index (χ1n) is 16.2. The maximum absolute atomic E-state index is 5.24. The number of hydrogen-bond donors (Lipinski definition) is 0. The summed E-state index contributed by atoms with van der Waals surface area (Å²) in [5, 5.41) is 6.01. The Morgan fingerprint density at radius 3 is 1.44 bits per heavy atom. The summed E-state index contributed by atoms with van der Waals surface area (Å²) in [6.45, 7) is 0. The zero-order valence-corrected chi connectivity index (χ0v) is 26.1. The third kappa shape index (κ3) is 4.81. The fourth-order valence-electron chi connectivity index (χ4n) is 6.80. The van der Waals surface area contributed by atoms with Gasteiger partial charge in [0.25, 0.3) is 0 Å². The van der Waals surface area contributed by atoms with E-state index in [4.69, 9.17) is 15.0 Å². The molecule has 7 aromatic carbocycles. The fourth-order valence-corrected chi connectivity index (χ4v) is 6.80. The Balaban J connectivity index is 1.28. The molecule has 0 bridgehead atoms. The average molecular weight is 612 g/mol. The summed E-state index contributed by atoms with van der Waals surface area (Å²) in [5.41, 5.74) is 9.95. The van der Waals surface area contributed by atoms with Crippen molar-refractivity contribution in [3.05, 3.63) is 176 Å². The van der Waals surface area contributed by atoms with E-state index in [0.717, 1.165) is 61.4 Å². The number of aromatic nitrogens is 3. The molecule has 0 saturated heterocycles. The Hall–Kier alpha value is -6.45. The molecule has 224 valence electrons. The SMILES string of the molecule is c1ccc(-c2nc(-c3ccccc3)c(-c3ccc(-c4nc5ccccc5c5c4ccc4ccccc45)cc3)c(-c3ccccc3)n2)cc1. The molecule has 0 amide bonds. The number of benzene rings is 7. The molecule has 0 aliphatic heterocycles. The van der Waals surface area contributed by atoms with Crippen LogP contribution in [0.25, 0.3) is 88.7 Å². The Bertz CT molecular complexity index is 2500. The lowest BCUT2D eigenvalue weighted by Gasteiger charge is -2.17. The molecule has 0 N–H and O–H groups in total. The van der Waals surface area contributed by atoms with Crippen LogP contribution in [0.1, 0.15) is 0 Å². The lowest BCUT2D eigenvalue weighted by Crippen LogP contribution is -2.01. The van der Waals surface area contributed by atoms with Crippen molar-refractivity contribution < 1.29 is 0 Å². The molecule has 9 aromatic rings. The summed E-state index contributed by atoms with van der Waals surface area (Å²) in [7, 11) is 0. The minimum atomic E-state index is 0.702. The molecule has 2 aromatic heterocycles. The standard InChI is InChI=1S/C45H29N3/c1-4-15-32(16-5-1)43-40(44(33-17-6-2-7-18-33)48-45(47-43)35-19-8-3-9-20-35)31-24-26-34(27-25-31)42-38-29-28-30-14-10-11-21-36(30)41(38)37-22-12-13-23-39(37)46-42/h1-29H. The van der Waals surface area contributed by atoms with Gasteiger partial charge in [-0.2, -0.15) is 0 Å². The molecule has 0 saturated carbocycles. The quantitative estimate of drug-likeness (QED) is 0.182. The molecular formula is C45H29N3. The normalized spacial score (nSPS) is 11.3. The van der Waals surface area contributed by atoms with Crippen LogP contribution in [0.2, 0.25) is 0 Å². The molecule has 0 aliphatic rings. The van der Waals surface area contributed by atoms with Gasteiger partial charge in [0.2, 0.25) is 0 Å². The molecule has 0 spiro atoms. The van der Waals surface area contributed by atoms with Gasteiger partial charge >= 0.3 is 0 Å². The van der Waals surface area contributed by atoms with E-state index in [1.807, 2.05) is 30.3 Å². The highest BCUT2D eigenvalue weighted by Gasteiger charge is 2.21. The third-order valence-corrected chi connectivity index (χ3v) is 9.07. The lowest BCUT2D eigenvalue weighted by molar-refractivity contribution is 1.18. The Kier molecular flexibility index (Phi) is 6.80. The van der Waals surface area contributed by atoms with Crippen molar-refractivity contribution >= 4 is 32.4 Å². The minimum absolute atomic E-state index is 0.702. The zero-order chi connectivity index (χ0) is 31.9. The van der Waals surface area contributed by atoms with Gasteiger partial charge in [0.05, 0.1) is 22.6 Å². The van der Waals surface area contributed by atoms with E-state index in [9.17, 15) is 0 Å². The van der Waals surface area contributed by atoms with E-state index < -0.39 is 0 Å². The summed E-state index contributed by atoms with van der Waals surface area (Å²) >= 11 is 0. The molecule has 0 aliphatic carbocycles. The average Bonchev–Trinajstić information content (AvgIpc) is 3.18. The van der Waals surface area contributed by atoms with Gasteiger partial charge in [0.1, 0.15) is 0 Å². The van der Waals surface area contributed by atoms with Gasteiger partial charge in [0.15, 0.2) is 5.82 Å². The number of para-hydroxylation sites is 1. The second-order valence-corrected chi connectivity index (χ2v) is 12.0. The van der Waals surface area contributed by atoms with E-state index in [1.54, 1.807) is 0 Å². The number of hydrogen-bond acceptors (Lipinski definition) is 3. The Labute approximate surface area is 278 Å². The highest BCUT2D eigenvalue weighted by atomic mass is 14.9. The van der Waals surface area contributed by atoms with E-state index >= 15 is 0 Å². The predicted molar refractivity (Wildman–Crippen MR) is 200 cm³/mol. The number of nitrogens with zero attached hydrogens (tertiary/aromatic N) is 3. The van der Waals surface area contributed by atoms with Crippen molar-refractivity contribution in [1.82, 2.24) is 15.0 Å². The first-order chi connectivity index (χ1) is 23.8. The second kappa shape index (κ2) is 11.7. The van der Waals surface area contributed by atoms with Crippen molar-refractivity contribution in [1.29, 1.82) is 0 Å². The van der Waals surface area contributed by atoms with Crippen LogP contribution in [0, 0.1) is 0 Å². The Morgan fingerprint density at radius 2 is 0.792 bits per heavy atom. The molecule has 9 rings (SSSR count). The van der Waals surface area contributed by atoms with Crippen LogP contribution in [-0.2, 0) is 0 Å². The van der Waals surface area contributed by atoms with Crippen molar-refractivity contribution in [2.24, 2.45) is 0 Å². The molecule has 3 nitrogen and oxygen atoms in total. The topological polar surface area (TPSA) is 38.7 Å². The van der Waals surface area contributed by atoms with Crippen LogP contribution in [0.15, 0.2) is 176 Å². The van der Waals surface area contributed by atoms with Gasteiger partial charge in [-0.1, -0.05) is 170 Å². The highest BCUT2D eigenvalue weighted by Crippen LogP contribution is 2.41. The summed E-state index contributed by atoms with van der Waals surface area (Å²) in [4.78, 5) is 15.7. The fraction of sp³-hybridized carbons (Fsp3) is 0. The van der Waals surface area contributed by atoms with Gasteiger partial charge in [-0.25, -0.2) is 15.0 Å². The molecule has 48 heavy (non-hydrogen) atoms. The smallest absolute Gasteiger partial charge is 0.160 e. The van der Waals surface area contributed by atoms with Crippen LogP contribution in [0.4, 0.5) is 0 Å². The van der Waals surface area contributed by atoms with Crippen molar-refractivity contribution in [2.45, 2.75) is 0 Å². The molecule has 3 heteroatoms. The van der Waals surface area contributed by atoms with Crippen molar-refractivity contribution in [3.8, 4) is 56.3 Å². The lowest BCUT2D eigenvalue weighted by atomic mass is 9.92. The molecule has 2 heterocycles. The van der Waals surface area contributed by atoms with Gasteiger partial charge in [-0.15, -0.1) is 0 Å². The second-order valence-electron chi connectivity index (χ2n) is 12.0. The van der Waals surface area contributed by atoms with E-state index in [2.05, 4.69) is 146 Å². The highest BCUT2D eigenvalue weighted by molar-refractivity contribution is 6.22. The zero-order valence-electron chi connectivity index (χ0n) is 26.1. The maximum atomic E-state index is 5.24. The largest absolute Gasteiger partial charge is 0.247 e. The first kappa shape index (κ1) is 27.8. The van der Waals surface area contributed by atoms with E-state index in [0.29, 0.717) is 5.82 Å². The summed E-state index contributed by atoms with van der Waals surface area (Å²) in [6.07, 6.45) is 0. The first-order valence-corrected chi connectivity index (χ1v) is 16.2. The summed E-state index contributed by atoms with van der Waals surface area (Å²) in [6, 6.07) is 61.3. The Morgan fingerprint density at radius 1 is 0.292 bits per heavy atom. The molecule has 0 unspecified atom stereocenters. The molecule has 0 atom stereocenters. The monoisotopic (exact) mass is 611 g/mol. The van der Waals surface area contributed by atoms with Gasteiger partial charge in [-0.3, -0.25) is 0 Å². The predicted octanol–water partition coefficient (Wildman–Crippen LogP) is 11.7. The number of fused-ring (bicyclic) bond motifs is 5. The van der Waals surface area contributed by atoms with Gasteiger partial charge < -0.3 is 0 Å². The van der Waals surface area contributed by atoms with Gasteiger partial charge in [-0.05, 0) is 22.4 Å². The molecule has 0 radical (unpaired) electrons. The van der Waals surface area contributed by atoms with E-state index in [-0.39, 0.29) is 0 Å². The maximum Gasteiger partial charge on any atom is 0.160 e. The van der Waals surface area contributed by atoms with Crippen LogP contribution >= 0.6 is 0 Å². The van der Waals surface area contributed by atoms with Crippen LogP contribution in [-0.4, -0.2) is 15.0 Å². The summed E-state index contributed by atoms with van der Waals surface area (Å²) in [5.74, 6) is 0.702. The number of pyridine rings is 1. The molecular weight excluding hydrogens is 583 g/mol. The van der Waals surface area contributed by atoms with Crippen LogP contribution < -0.4 is 0 Å². The minimum Gasteiger partial charge on any atom is -0.247 e. The van der Waals surface area contributed by atoms with Crippen LogP contribution in [0.3, 0.4) is 0 Å².